The fourth-order valence-corrected chi connectivity index (χ4v) is 3.05. The van der Waals surface area contributed by atoms with Crippen LogP contribution in [0.2, 0.25) is 0 Å². The van der Waals surface area contributed by atoms with E-state index < -0.39 is 0 Å². The highest BCUT2D eigenvalue weighted by atomic mass is 14.4. The summed E-state index contributed by atoms with van der Waals surface area (Å²) < 4.78 is 0. The van der Waals surface area contributed by atoms with Crippen molar-refractivity contribution in [1.82, 2.24) is 0 Å². The molecule has 2 atom stereocenters. The SMILES string of the molecule is c1ccc2c(c1)C[C@@H]1CCC[C@H]21. The molecule has 0 amide bonds. The molecular weight excluding hydrogens is 144 g/mol. The van der Waals surface area contributed by atoms with Crippen LogP contribution in [0.25, 0.3) is 0 Å². The summed E-state index contributed by atoms with van der Waals surface area (Å²) in [5.74, 6) is 1.93. The van der Waals surface area contributed by atoms with Crippen molar-refractivity contribution in [3.8, 4) is 0 Å². The lowest BCUT2D eigenvalue weighted by atomic mass is 9.97. The van der Waals surface area contributed by atoms with Crippen LogP contribution in [0.15, 0.2) is 24.3 Å². The van der Waals surface area contributed by atoms with Crippen molar-refractivity contribution < 1.29 is 0 Å². The topological polar surface area (TPSA) is 0 Å². The molecule has 1 saturated carbocycles. The molecule has 3 rings (SSSR count). The van der Waals surface area contributed by atoms with Crippen molar-refractivity contribution >= 4 is 0 Å². The zero-order valence-corrected chi connectivity index (χ0v) is 7.29. The van der Waals surface area contributed by atoms with E-state index >= 15 is 0 Å². The largest absolute Gasteiger partial charge is 0.0620 e. The van der Waals surface area contributed by atoms with Gasteiger partial charge in [-0.2, -0.15) is 0 Å². The molecule has 0 spiro atoms. The van der Waals surface area contributed by atoms with Gasteiger partial charge in [-0.25, -0.2) is 0 Å². The highest BCUT2D eigenvalue weighted by molar-refractivity contribution is 5.36. The third-order valence-corrected chi connectivity index (χ3v) is 3.60. The van der Waals surface area contributed by atoms with Gasteiger partial charge in [0.15, 0.2) is 0 Å². The van der Waals surface area contributed by atoms with Crippen LogP contribution in [0.4, 0.5) is 0 Å². The molecule has 0 bridgehead atoms. The minimum absolute atomic E-state index is 0.932. The molecule has 0 radical (unpaired) electrons. The van der Waals surface area contributed by atoms with Crippen LogP contribution >= 0.6 is 0 Å². The maximum absolute atomic E-state index is 2.34. The number of fused-ring (bicyclic) bond motifs is 3. The van der Waals surface area contributed by atoms with Crippen LogP contribution in [0.1, 0.15) is 36.3 Å². The van der Waals surface area contributed by atoms with Gasteiger partial charge in [-0.15, -0.1) is 0 Å². The van der Waals surface area contributed by atoms with Gasteiger partial charge >= 0.3 is 0 Å². The fourth-order valence-electron chi connectivity index (χ4n) is 3.05. The Balaban J connectivity index is 2.09. The van der Waals surface area contributed by atoms with Crippen molar-refractivity contribution in [1.29, 1.82) is 0 Å². The standard InChI is InChI=1S/C12H14/c1-2-6-11-9(4-1)8-10-5-3-7-12(10)11/h1-2,4,6,10,12H,3,5,7-8H2/t10-,12-/m0/s1. The lowest BCUT2D eigenvalue weighted by molar-refractivity contribution is 0.527. The molecule has 0 aromatic heterocycles. The van der Waals surface area contributed by atoms with Crippen LogP contribution in [0.3, 0.4) is 0 Å². The van der Waals surface area contributed by atoms with Crippen molar-refractivity contribution in [3.05, 3.63) is 35.4 Å². The summed E-state index contributed by atoms with van der Waals surface area (Å²) in [5.41, 5.74) is 3.30. The molecule has 1 aromatic carbocycles. The summed E-state index contributed by atoms with van der Waals surface area (Å²) in [7, 11) is 0. The van der Waals surface area contributed by atoms with Gasteiger partial charge in [-0.05, 0) is 42.2 Å². The average molecular weight is 158 g/mol. The van der Waals surface area contributed by atoms with Crippen molar-refractivity contribution in [2.75, 3.05) is 0 Å². The minimum Gasteiger partial charge on any atom is -0.0620 e. The average Bonchev–Trinajstić information content (AvgIpc) is 2.62. The summed E-state index contributed by atoms with van der Waals surface area (Å²) in [4.78, 5) is 0. The molecule has 0 heteroatoms. The third-order valence-electron chi connectivity index (χ3n) is 3.60. The predicted molar refractivity (Wildman–Crippen MR) is 50.2 cm³/mol. The normalized spacial score (nSPS) is 31.7. The van der Waals surface area contributed by atoms with Gasteiger partial charge in [0.05, 0.1) is 0 Å². The first-order valence-electron chi connectivity index (χ1n) is 5.03. The van der Waals surface area contributed by atoms with Crippen molar-refractivity contribution in [3.63, 3.8) is 0 Å². The summed E-state index contributed by atoms with van der Waals surface area (Å²) in [6.45, 7) is 0. The van der Waals surface area contributed by atoms with Crippen LogP contribution in [-0.4, -0.2) is 0 Å². The molecule has 1 aromatic rings. The van der Waals surface area contributed by atoms with E-state index in [0.717, 1.165) is 11.8 Å². The molecule has 0 aliphatic heterocycles. The maximum atomic E-state index is 2.34. The molecule has 12 heavy (non-hydrogen) atoms. The molecule has 0 N–H and O–H groups in total. The zero-order valence-electron chi connectivity index (χ0n) is 7.29. The second-order valence-corrected chi connectivity index (χ2v) is 4.20. The van der Waals surface area contributed by atoms with Crippen molar-refractivity contribution in [2.24, 2.45) is 5.92 Å². The quantitative estimate of drug-likeness (QED) is 0.544. The molecule has 0 saturated heterocycles. The molecule has 2 aliphatic carbocycles. The zero-order chi connectivity index (χ0) is 7.97. The Labute approximate surface area is 73.6 Å². The van der Waals surface area contributed by atoms with E-state index in [4.69, 9.17) is 0 Å². The van der Waals surface area contributed by atoms with Crippen LogP contribution in [0, 0.1) is 5.92 Å². The van der Waals surface area contributed by atoms with Gasteiger partial charge in [-0.1, -0.05) is 30.7 Å². The van der Waals surface area contributed by atoms with Crippen LogP contribution in [0.5, 0.6) is 0 Å². The second-order valence-electron chi connectivity index (χ2n) is 4.20. The van der Waals surface area contributed by atoms with Crippen molar-refractivity contribution in [2.45, 2.75) is 31.6 Å². The van der Waals surface area contributed by atoms with Crippen LogP contribution < -0.4 is 0 Å². The summed E-state index contributed by atoms with van der Waals surface area (Å²) in [6, 6.07) is 9.03. The van der Waals surface area contributed by atoms with Crippen LogP contribution in [-0.2, 0) is 6.42 Å². The van der Waals surface area contributed by atoms with Gasteiger partial charge in [0.2, 0.25) is 0 Å². The fraction of sp³-hybridized carbons (Fsp3) is 0.500. The van der Waals surface area contributed by atoms with E-state index in [9.17, 15) is 0 Å². The van der Waals surface area contributed by atoms with E-state index in [1.54, 1.807) is 11.1 Å². The lowest BCUT2D eigenvalue weighted by Crippen LogP contribution is -1.97. The van der Waals surface area contributed by atoms with E-state index in [1.165, 1.54) is 25.7 Å². The second kappa shape index (κ2) is 2.35. The highest BCUT2D eigenvalue weighted by Gasteiger charge is 2.35. The number of hydrogen-bond acceptors (Lipinski definition) is 0. The minimum atomic E-state index is 0.932. The lowest BCUT2D eigenvalue weighted by Gasteiger charge is -2.08. The van der Waals surface area contributed by atoms with Gasteiger partial charge in [0.25, 0.3) is 0 Å². The summed E-state index contributed by atoms with van der Waals surface area (Å²) in [6.07, 6.45) is 5.74. The van der Waals surface area contributed by atoms with E-state index in [-0.39, 0.29) is 0 Å². The molecular formula is C12H14. The highest BCUT2D eigenvalue weighted by Crippen LogP contribution is 2.47. The summed E-state index contributed by atoms with van der Waals surface area (Å²) >= 11 is 0. The van der Waals surface area contributed by atoms with Gasteiger partial charge in [0, 0.05) is 0 Å². The first-order valence-corrected chi connectivity index (χ1v) is 5.03. The Bertz CT molecular complexity index is 301. The monoisotopic (exact) mass is 158 g/mol. The Morgan fingerprint density at radius 3 is 3.00 bits per heavy atom. The Hall–Kier alpha value is -0.780. The van der Waals surface area contributed by atoms with Gasteiger partial charge in [0.1, 0.15) is 0 Å². The number of benzene rings is 1. The number of hydrogen-bond donors (Lipinski definition) is 0. The molecule has 1 fully saturated rings. The molecule has 0 nitrogen and oxygen atoms in total. The molecule has 0 unspecified atom stereocenters. The molecule has 62 valence electrons. The van der Waals surface area contributed by atoms with E-state index in [1.807, 2.05) is 0 Å². The first-order chi connectivity index (χ1) is 5.95. The van der Waals surface area contributed by atoms with Gasteiger partial charge in [-0.3, -0.25) is 0 Å². The Morgan fingerprint density at radius 1 is 1.08 bits per heavy atom. The molecule has 0 heterocycles. The smallest absolute Gasteiger partial charge is 0.0128 e. The first kappa shape index (κ1) is 6.71. The van der Waals surface area contributed by atoms with E-state index in [2.05, 4.69) is 24.3 Å². The maximum Gasteiger partial charge on any atom is -0.0128 e. The Morgan fingerprint density at radius 2 is 2.00 bits per heavy atom. The van der Waals surface area contributed by atoms with Gasteiger partial charge < -0.3 is 0 Å². The molecule has 2 aliphatic rings. The third kappa shape index (κ3) is 0.782. The number of rotatable bonds is 0. The summed E-state index contributed by atoms with van der Waals surface area (Å²) in [5, 5.41) is 0. The van der Waals surface area contributed by atoms with E-state index in [0.29, 0.717) is 0 Å². The Kier molecular flexibility index (Phi) is 1.31. The predicted octanol–water partition coefficient (Wildman–Crippen LogP) is 3.13.